The van der Waals surface area contributed by atoms with Gasteiger partial charge in [-0.05, 0) is 6.42 Å². The fraction of sp³-hybridized carbons (Fsp3) is 0.875. The van der Waals surface area contributed by atoms with Gasteiger partial charge in [-0.2, -0.15) is 13.2 Å². The molecule has 0 saturated carbocycles. The van der Waals surface area contributed by atoms with Crippen LogP contribution in [-0.4, -0.2) is 22.8 Å². The maximum Gasteiger partial charge on any atom is 0.391 e. The van der Waals surface area contributed by atoms with Crippen LogP contribution in [-0.2, 0) is 4.79 Å². The summed E-state index contributed by atoms with van der Waals surface area (Å²) in [5.74, 6) is -1.59. The van der Waals surface area contributed by atoms with E-state index in [1.807, 2.05) is 0 Å². The van der Waals surface area contributed by atoms with Crippen molar-refractivity contribution in [1.29, 1.82) is 0 Å². The van der Waals surface area contributed by atoms with E-state index in [0.717, 1.165) is 0 Å². The van der Waals surface area contributed by atoms with Crippen molar-refractivity contribution < 1.29 is 23.1 Å². The van der Waals surface area contributed by atoms with Crippen molar-refractivity contribution in [2.45, 2.75) is 44.3 Å². The summed E-state index contributed by atoms with van der Waals surface area (Å²) >= 11 is 0. The highest BCUT2D eigenvalue weighted by Gasteiger charge is 2.44. The number of carboxylic acid groups (broad SMARTS) is 1. The highest BCUT2D eigenvalue weighted by atomic mass is 35.5. The molecule has 7 heteroatoms. The average molecular weight is 250 g/mol. The monoisotopic (exact) mass is 249 g/mol. The molecule has 0 aliphatic carbocycles. The lowest BCUT2D eigenvalue weighted by atomic mass is 9.90. The fourth-order valence-electron chi connectivity index (χ4n) is 1.12. The average Bonchev–Trinajstić information content (AvgIpc) is 1.97. The van der Waals surface area contributed by atoms with Crippen LogP contribution >= 0.6 is 12.4 Å². The summed E-state index contributed by atoms with van der Waals surface area (Å²) in [5.41, 5.74) is 3.02. The molecule has 3 nitrogen and oxygen atoms in total. The summed E-state index contributed by atoms with van der Waals surface area (Å²) in [6.45, 7) is 1.76. The second kappa shape index (κ2) is 6.17. The number of hydrogen-bond donors (Lipinski definition) is 2. The molecule has 0 aromatic rings. The number of aliphatic carboxylic acids is 1. The number of nitrogens with two attached hydrogens (primary N) is 1. The van der Waals surface area contributed by atoms with E-state index in [0.29, 0.717) is 12.8 Å². The molecule has 92 valence electrons. The Bertz CT molecular complexity index is 211. The first kappa shape index (κ1) is 16.9. The van der Waals surface area contributed by atoms with Gasteiger partial charge in [-0.1, -0.05) is 19.8 Å². The minimum absolute atomic E-state index is 0. The normalized spacial score (nSPS) is 15.3. The van der Waals surface area contributed by atoms with E-state index >= 15 is 0 Å². The topological polar surface area (TPSA) is 63.3 Å². The Morgan fingerprint density at radius 2 is 1.87 bits per heavy atom. The lowest BCUT2D eigenvalue weighted by Crippen LogP contribution is -2.51. The van der Waals surface area contributed by atoms with Gasteiger partial charge in [-0.3, -0.25) is 4.79 Å². The summed E-state index contributed by atoms with van der Waals surface area (Å²) < 4.78 is 36.0. The van der Waals surface area contributed by atoms with Gasteiger partial charge < -0.3 is 10.8 Å². The summed E-state index contributed by atoms with van der Waals surface area (Å²) in [6, 6.07) is 0. The quantitative estimate of drug-likeness (QED) is 0.786. The molecule has 0 radical (unpaired) electrons. The Kier molecular flexibility index (Phi) is 6.96. The molecule has 1 atom stereocenters. The SMILES string of the molecule is CCCCC(N)(CC(F)(F)F)C(=O)O.Cl. The zero-order chi connectivity index (χ0) is 11.4. The Morgan fingerprint density at radius 3 is 2.13 bits per heavy atom. The maximum atomic E-state index is 12.0. The number of unbranched alkanes of at least 4 members (excludes halogenated alkanes) is 1. The number of hydrogen-bond acceptors (Lipinski definition) is 2. The van der Waals surface area contributed by atoms with Crippen molar-refractivity contribution in [2.75, 3.05) is 0 Å². The van der Waals surface area contributed by atoms with Gasteiger partial charge in [0.15, 0.2) is 0 Å². The van der Waals surface area contributed by atoms with Crippen molar-refractivity contribution >= 4 is 18.4 Å². The minimum atomic E-state index is -4.54. The molecular weight excluding hydrogens is 235 g/mol. The van der Waals surface area contributed by atoms with Crippen LogP contribution in [0.2, 0.25) is 0 Å². The Balaban J connectivity index is 0. The van der Waals surface area contributed by atoms with E-state index in [9.17, 15) is 18.0 Å². The number of halogens is 4. The van der Waals surface area contributed by atoms with Gasteiger partial charge in [0.1, 0.15) is 5.54 Å². The van der Waals surface area contributed by atoms with Crippen molar-refractivity contribution in [3.8, 4) is 0 Å². The van der Waals surface area contributed by atoms with E-state index in [4.69, 9.17) is 10.8 Å². The van der Waals surface area contributed by atoms with Crippen molar-refractivity contribution in [3.63, 3.8) is 0 Å². The highest BCUT2D eigenvalue weighted by Crippen LogP contribution is 2.29. The van der Waals surface area contributed by atoms with Gasteiger partial charge in [-0.25, -0.2) is 0 Å². The van der Waals surface area contributed by atoms with E-state index in [-0.39, 0.29) is 18.8 Å². The van der Waals surface area contributed by atoms with Crippen LogP contribution in [0.3, 0.4) is 0 Å². The molecule has 0 bridgehead atoms. The van der Waals surface area contributed by atoms with Gasteiger partial charge in [0.2, 0.25) is 0 Å². The Hall–Kier alpha value is -0.490. The zero-order valence-corrected chi connectivity index (χ0v) is 9.12. The summed E-state index contributed by atoms with van der Waals surface area (Å²) in [5, 5.41) is 8.60. The molecule has 0 spiro atoms. The lowest BCUT2D eigenvalue weighted by Gasteiger charge is -2.25. The predicted molar refractivity (Wildman–Crippen MR) is 52.0 cm³/mol. The van der Waals surface area contributed by atoms with E-state index in [2.05, 4.69) is 0 Å². The first-order chi connectivity index (χ1) is 6.21. The molecule has 0 fully saturated rings. The third-order valence-electron chi connectivity index (χ3n) is 1.92. The van der Waals surface area contributed by atoms with Gasteiger partial charge in [0.05, 0.1) is 6.42 Å². The molecule has 0 aliphatic heterocycles. The third-order valence-corrected chi connectivity index (χ3v) is 1.92. The molecule has 0 heterocycles. The maximum absolute atomic E-state index is 12.0. The van der Waals surface area contributed by atoms with E-state index in [1.165, 1.54) is 0 Å². The van der Waals surface area contributed by atoms with Crippen LogP contribution in [0.5, 0.6) is 0 Å². The zero-order valence-electron chi connectivity index (χ0n) is 8.30. The number of alkyl halides is 3. The van der Waals surface area contributed by atoms with Crippen LogP contribution in [0.4, 0.5) is 13.2 Å². The fourth-order valence-corrected chi connectivity index (χ4v) is 1.12. The predicted octanol–water partition coefficient (Wildman–Crippen LogP) is 2.33. The number of rotatable bonds is 5. The molecule has 15 heavy (non-hydrogen) atoms. The Labute approximate surface area is 92.2 Å². The summed E-state index contributed by atoms with van der Waals surface area (Å²) in [7, 11) is 0. The third kappa shape index (κ3) is 6.57. The van der Waals surface area contributed by atoms with Crippen LogP contribution in [0, 0.1) is 0 Å². The summed E-state index contributed by atoms with van der Waals surface area (Å²) in [4.78, 5) is 10.6. The standard InChI is InChI=1S/C8H14F3NO2.ClH/c1-2-3-4-7(12,6(13)14)5-8(9,10)11;/h2-5,12H2,1H3,(H,13,14);1H. The molecule has 3 N–H and O–H groups in total. The minimum Gasteiger partial charge on any atom is -0.480 e. The van der Waals surface area contributed by atoms with E-state index in [1.54, 1.807) is 6.92 Å². The largest absolute Gasteiger partial charge is 0.480 e. The number of carboxylic acids is 1. The van der Waals surface area contributed by atoms with Gasteiger partial charge in [-0.15, -0.1) is 12.4 Å². The molecular formula is C8H15ClF3NO2. The highest BCUT2D eigenvalue weighted by molar-refractivity contribution is 5.85. The van der Waals surface area contributed by atoms with Gasteiger partial charge >= 0.3 is 12.1 Å². The van der Waals surface area contributed by atoms with Crippen molar-refractivity contribution in [2.24, 2.45) is 5.73 Å². The molecule has 0 aromatic carbocycles. The first-order valence-electron chi connectivity index (χ1n) is 4.30. The van der Waals surface area contributed by atoms with Crippen LogP contribution < -0.4 is 5.73 Å². The number of carbonyl (C=O) groups is 1. The van der Waals surface area contributed by atoms with E-state index < -0.39 is 24.1 Å². The summed E-state index contributed by atoms with van der Waals surface area (Å²) in [6.07, 6.45) is -5.18. The molecule has 0 amide bonds. The second-order valence-electron chi connectivity index (χ2n) is 3.36. The molecule has 0 rings (SSSR count). The van der Waals surface area contributed by atoms with Crippen molar-refractivity contribution in [3.05, 3.63) is 0 Å². The lowest BCUT2D eigenvalue weighted by molar-refractivity contribution is -0.167. The van der Waals surface area contributed by atoms with Crippen molar-refractivity contribution in [1.82, 2.24) is 0 Å². The van der Waals surface area contributed by atoms with Crippen LogP contribution in [0.15, 0.2) is 0 Å². The second-order valence-corrected chi connectivity index (χ2v) is 3.36. The molecule has 0 aliphatic rings. The Morgan fingerprint density at radius 1 is 1.40 bits per heavy atom. The van der Waals surface area contributed by atoms with Gasteiger partial charge in [0, 0.05) is 0 Å². The van der Waals surface area contributed by atoms with Gasteiger partial charge in [0.25, 0.3) is 0 Å². The van der Waals surface area contributed by atoms with Crippen LogP contribution in [0.1, 0.15) is 32.6 Å². The van der Waals surface area contributed by atoms with Crippen LogP contribution in [0.25, 0.3) is 0 Å². The first-order valence-corrected chi connectivity index (χ1v) is 4.30. The molecule has 0 saturated heterocycles. The smallest absolute Gasteiger partial charge is 0.391 e. The molecule has 1 unspecified atom stereocenters. The molecule has 0 aromatic heterocycles.